The van der Waals surface area contributed by atoms with Gasteiger partial charge in [-0.15, -0.1) is 11.4 Å². The van der Waals surface area contributed by atoms with Gasteiger partial charge in [0, 0.05) is 5.75 Å². The summed E-state index contributed by atoms with van der Waals surface area (Å²) in [6.45, 7) is 2.33. The van der Waals surface area contributed by atoms with Crippen molar-refractivity contribution in [1.29, 1.82) is 0 Å². The Hall–Kier alpha value is -0.580. The molecule has 3 nitrogen and oxygen atoms in total. The van der Waals surface area contributed by atoms with Gasteiger partial charge in [0.1, 0.15) is 5.76 Å². The van der Waals surface area contributed by atoms with Crippen molar-refractivity contribution < 1.29 is 14.3 Å². The molecular formula is C8H12O3S. The summed E-state index contributed by atoms with van der Waals surface area (Å²) in [5.41, 5.74) is 0. The summed E-state index contributed by atoms with van der Waals surface area (Å²) in [4.78, 5) is 0. The molecule has 12 heavy (non-hydrogen) atoms. The van der Waals surface area contributed by atoms with Crippen molar-refractivity contribution in [3.05, 3.63) is 24.2 Å². The van der Waals surface area contributed by atoms with Crippen molar-refractivity contribution in [2.75, 3.05) is 6.61 Å². The maximum Gasteiger partial charge on any atom is 0.205 e. The van der Waals surface area contributed by atoms with Crippen LogP contribution in [0.2, 0.25) is 0 Å². The van der Waals surface area contributed by atoms with E-state index in [1.165, 1.54) is 0 Å². The van der Waals surface area contributed by atoms with Gasteiger partial charge in [-0.05, 0) is 19.1 Å². The number of hydrogen-bond acceptors (Lipinski definition) is 2. The van der Waals surface area contributed by atoms with Gasteiger partial charge in [0.05, 0.1) is 12.9 Å². The number of hydrogen-bond donors (Lipinski definition) is 2. The maximum absolute atomic E-state index is 9.09. The van der Waals surface area contributed by atoms with Crippen LogP contribution in [-0.2, 0) is 10.5 Å². The van der Waals surface area contributed by atoms with Crippen LogP contribution >= 0.6 is 11.4 Å². The first-order valence-electron chi connectivity index (χ1n) is 3.71. The fraction of sp³-hybridized carbons (Fsp3) is 0.375. The molecule has 1 rings (SSSR count). The second kappa shape index (κ2) is 5.13. The molecule has 4 heteroatoms. The van der Waals surface area contributed by atoms with Gasteiger partial charge in [0.25, 0.3) is 0 Å². The van der Waals surface area contributed by atoms with Crippen molar-refractivity contribution >= 4 is 16.6 Å². The van der Waals surface area contributed by atoms with Gasteiger partial charge in [-0.3, -0.25) is 0 Å². The van der Waals surface area contributed by atoms with E-state index in [2.05, 4.69) is 0 Å². The fourth-order valence-electron chi connectivity index (χ4n) is 0.723. The molecular weight excluding hydrogens is 176 g/mol. The quantitative estimate of drug-likeness (QED) is 0.562. The molecule has 0 spiro atoms. The van der Waals surface area contributed by atoms with Crippen LogP contribution in [0.1, 0.15) is 12.7 Å². The third-order valence-electron chi connectivity index (χ3n) is 1.22. The van der Waals surface area contributed by atoms with Crippen molar-refractivity contribution in [1.82, 2.24) is 0 Å². The van der Waals surface area contributed by atoms with Crippen molar-refractivity contribution in [2.45, 2.75) is 12.7 Å². The molecule has 1 aromatic rings. The van der Waals surface area contributed by atoms with Crippen LogP contribution < -0.4 is 0 Å². The Morgan fingerprint density at radius 1 is 1.75 bits per heavy atom. The van der Waals surface area contributed by atoms with Gasteiger partial charge in [0.2, 0.25) is 5.24 Å². The first-order valence-corrected chi connectivity index (χ1v) is 4.79. The van der Waals surface area contributed by atoms with E-state index < -0.39 is 0 Å². The molecule has 0 unspecified atom stereocenters. The van der Waals surface area contributed by atoms with Gasteiger partial charge < -0.3 is 14.3 Å². The normalized spacial score (nSPS) is 12.7. The average Bonchev–Trinajstić information content (AvgIpc) is 2.53. The first-order chi connectivity index (χ1) is 5.83. The Kier molecular flexibility index (Phi) is 4.07. The Morgan fingerprint density at radius 3 is 3.17 bits per heavy atom. The van der Waals surface area contributed by atoms with Gasteiger partial charge in [0.15, 0.2) is 0 Å². The summed E-state index contributed by atoms with van der Waals surface area (Å²) in [5, 5.41) is 9.14. The van der Waals surface area contributed by atoms with Crippen molar-refractivity contribution in [3.63, 3.8) is 0 Å². The van der Waals surface area contributed by atoms with Crippen LogP contribution in [0, 0.1) is 0 Å². The van der Waals surface area contributed by atoms with Crippen LogP contribution in [0.5, 0.6) is 0 Å². The third-order valence-corrected chi connectivity index (χ3v) is 2.09. The van der Waals surface area contributed by atoms with E-state index in [1.54, 1.807) is 6.26 Å². The molecule has 0 bridgehead atoms. The van der Waals surface area contributed by atoms with Crippen LogP contribution in [0.25, 0.3) is 0 Å². The number of rotatable bonds is 3. The van der Waals surface area contributed by atoms with Crippen LogP contribution in [0.15, 0.2) is 22.8 Å². The first kappa shape index (κ1) is 9.51. The molecule has 1 aromatic heterocycles. The Labute approximate surface area is 74.9 Å². The molecule has 0 aliphatic carbocycles. The van der Waals surface area contributed by atoms with Crippen LogP contribution in [0.3, 0.4) is 0 Å². The van der Waals surface area contributed by atoms with E-state index in [0.29, 0.717) is 12.4 Å². The molecule has 0 aliphatic rings. The van der Waals surface area contributed by atoms with Crippen molar-refractivity contribution in [2.24, 2.45) is 0 Å². The highest BCUT2D eigenvalue weighted by atomic mass is 32.1. The molecule has 0 saturated heterocycles. The number of ether oxygens (including phenoxy) is 1. The van der Waals surface area contributed by atoms with E-state index in [9.17, 15) is 0 Å². The lowest BCUT2D eigenvalue weighted by Crippen LogP contribution is -1.99. The smallest absolute Gasteiger partial charge is 0.205 e. The Morgan fingerprint density at radius 2 is 2.58 bits per heavy atom. The Bertz CT molecular complexity index is 241. The summed E-state index contributed by atoms with van der Waals surface area (Å²) < 4.78 is 9.93. The van der Waals surface area contributed by atoms with E-state index in [1.807, 2.05) is 19.1 Å². The predicted octanol–water partition coefficient (Wildman–Crippen LogP) is 1.93. The van der Waals surface area contributed by atoms with E-state index >= 15 is 0 Å². The minimum Gasteiger partial charge on any atom is -0.469 e. The molecule has 0 amide bonds. The minimum atomic E-state index is 0.0499. The SMILES string of the molecule is CCOC(O)=[SH]Cc1ccco1. The zero-order valence-corrected chi connectivity index (χ0v) is 7.75. The molecule has 68 valence electrons. The zero-order chi connectivity index (χ0) is 8.81. The monoisotopic (exact) mass is 188 g/mol. The molecule has 0 saturated carbocycles. The van der Waals surface area contributed by atoms with Gasteiger partial charge in [-0.2, -0.15) is 0 Å². The lowest BCUT2D eigenvalue weighted by Gasteiger charge is -1.96. The summed E-state index contributed by atoms with van der Waals surface area (Å²) in [6.07, 6.45) is 1.61. The zero-order valence-electron chi connectivity index (χ0n) is 6.86. The Balaban J connectivity index is 2.38. The molecule has 0 radical (unpaired) electrons. The topological polar surface area (TPSA) is 42.6 Å². The molecule has 0 aliphatic heterocycles. The lowest BCUT2D eigenvalue weighted by atomic mass is 10.5. The lowest BCUT2D eigenvalue weighted by molar-refractivity contribution is 0.256. The second-order valence-electron chi connectivity index (χ2n) is 2.11. The number of aliphatic hydroxyl groups excluding tert-OH is 1. The molecule has 1 N–H and O–H groups in total. The summed E-state index contributed by atoms with van der Waals surface area (Å²) in [5.74, 6) is 1.50. The largest absolute Gasteiger partial charge is 0.469 e. The van der Waals surface area contributed by atoms with Gasteiger partial charge >= 0.3 is 0 Å². The van der Waals surface area contributed by atoms with Gasteiger partial charge in [-0.1, -0.05) is 0 Å². The fourth-order valence-corrected chi connectivity index (χ4v) is 1.41. The number of aliphatic hydroxyl groups is 1. The standard InChI is InChI=1S/C8H12O3S/c1-2-10-8(9)12-6-7-4-3-5-11-7/h3-5,9,12H,2,6H2,1H3. The number of thiol groups is 1. The summed E-state index contributed by atoms with van der Waals surface area (Å²) in [7, 11) is 0. The molecule has 0 atom stereocenters. The van der Waals surface area contributed by atoms with E-state index in [-0.39, 0.29) is 5.24 Å². The molecule has 1 heterocycles. The highest BCUT2D eigenvalue weighted by molar-refractivity contribution is 7.97. The van der Waals surface area contributed by atoms with Gasteiger partial charge in [-0.25, -0.2) is 0 Å². The highest BCUT2D eigenvalue weighted by Gasteiger charge is 1.93. The highest BCUT2D eigenvalue weighted by Crippen LogP contribution is 2.07. The molecule has 0 fully saturated rings. The third kappa shape index (κ3) is 3.21. The van der Waals surface area contributed by atoms with E-state index in [0.717, 1.165) is 17.1 Å². The second-order valence-corrected chi connectivity index (χ2v) is 3.13. The molecule has 0 aromatic carbocycles. The van der Waals surface area contributed by atoms with E-state index in [4.69, 9.17) is 14.3 Å². The minimum absolute atomic E-state index is 0.0499. The maximum atomic E-state index is 9.09. The van der Waals surface area contributed by atoms with Crippen LogP contribution in [0.4, 0.5) is 0 Å². The number of furan rings is 1. The summed E-state index contributed by atoms with van der Waals surface area (Å²) >= 11 is 0.739. The predicted molar refractivity (Wildman–Crippen MR) is 50.7 cm³/mol. The van der Waals surface area contributed by atoms with Crippen LogP contribution in [-0.4, -0.2) is 17.0 Å². The summed E-state index contributed by atoms with van der Waals surface area (Å²) in [6, 6.07) is 3.69. The average molecular weight is 188 g/mol. The van der Waals surface area contributed by atoms with Crippen molar-refractivity contribution in [3.8, 4) is 0 Å².